The molecule has 324 valence electrons. The predicted octanol–water partition coefficient (Wildman–Crippen LogP) is 6.06. The molecule has 3 N–H and O–H groups in total. The van der Waals surface area contributed by atoms with Gasteiger partial charge in [-0.15, -0.1) is 0 Å². The van der Waals surface area contributed by atoms with Crippen molar-refractivity contribution in [3.63, 3.8) is 0 Å². The van der Waals surface area contributed by atoms with Crippen molar-refractivity contribution in [1.82, 2.24) is 28.3 Å². The maximum absolute atomic E-state index is 16.2. The van der Waals surface area contributed by atoms with Crippen LogP contribution in [0.3, 0.4) is 0 Å². The first-order chi connectivity index (χ1) is 29.7. The van der Waals surface area contributed by atoms with Crippen molar-refractivity contribution in [3.8, 4) is 11.1 Å². The number of ether oxygens (including phenoxy) is 1. The van der Waals surface area contributed by atoms with Gasteiger partial charge in [0.2, 0.25) is 5.95 Å². The van der Waals surface area contributed by atoms with E-state index in [1.165, 1.54) is 33.9 Å². The molecule has 3 atom stereocenters. The lowest BCUT2D eigenvalue weighted by molar-refractivity contribution is -0.0281. The van der Waals surface area contributed by atoms with Crippen LogP contribution in [0.1, 0.15) is 56.4 Å². The van der Waals surface area contributed by atoms with Gasteiger partial charge in [0.05, 0.1) is 22.2 Å². The summed E-state index contributed by atoms with van der Waals surface area (Å²) in [6, 6.07) is 20.5. The van der Waals surface area contributed by atoms with Crippen molar-refractivity contribution in [3.05, 3.63) is 118 Å². The Balaban J connectivity index is 1.16. The van der Waals surface area contributed by atoms with Crippen molar-refractivity contribution >= 4 is 43.9 Å². The van der Waals surface area contributed by atoms with Crippen LogP contribution in [0.2, 0.25) is 0 Å². The van der Waals surface area contributed by atoms with Gasteiger partial charge in [-0.1, -0.05) is 42.0 Å². The summed E-state index contributed by atoms with van der Waals surface area (Å²) < 4.78 is 53.4. The summed E-state index contributed by atoms with van der Waals surface area (Å²) in [6.07, 6.45) is 5.26. The summed E-state index contributed by atoms with van der Waals surface area (Å²) >= 11 is 0. The second kappa shape index (κ2) is 15.9. The first-order valence-corrected chi connectivity index (χ1v) is 22.6. The monoisotopic (exact) mass is 862 g/mol. The predicted molar refractivity (Wildman–Crippen MR) is 235 cm³/mol. The number of nitrogens with zero attached hydrogens (tertiary/aromatic N) is 7. The molecule has 1 amide bonds. The van der Waals surface area contributed by atoms with E-state index >= 15 is 4.39 Å². The molecule has 1 aliphatic carbocycles. The maximum Gasteiger partial charge on any atom is 0.407 e. The largest absolute Gasteiger partial charge is 0.465 e. The van der Waals surface area contributed by atoms with Gasteiger partial charge in [0.25, 0.3) is 15.6 Å². The van der Waals surface area contributed by atoms with E-state index in [0.717, 1.165) is 35.2 Å². The first kappa shape index (κ1) is 41.7. The van der Waals surface area contributed by atoms with Crippen molar-refractivity contribution in [2.75, 3.05) is 37.6 Å². The zero-order chi connectivity index (χ0) is 43.7. The smallest absolute Gasteiger partial charge is 0.407 e. The Kier molecular flexibility index (Phi) is 10.7. The molecule has 1 unspecified atom stereocenters. The standard InChI is InChI=1S/C46H51FN8O6S/c1-28-9-14-34(15-10-28)62(59,60)55-22-19-35-37(26-51(4)43(56)41(35)55)31-11-16-40-36(23-31)42(46(27-48,61-33-12-13-33)38-7-5-6-8-39(38)47)50-44(49-40)52-20-17-32(18-21-52)53-24-30(3)54(45(57)58)25-29(53)2/h5-11,14-16,19,22-23,26,29-30,32-33H,12-13,17-18,20-21,24-25,27,48H2,1-4H3,(H,57,58)/t29-,30+,46?/m0/s1. The maximum atomic E-state index is 16.2. The summed E-state index contributed by atoms with van der Waals surface area (Å²) in [5.74, 6) is -0.0154. The van der Waals surface area contributed by atoms with E-state index < -0.39 is 33.1 Å². The SMILES string of the molecule is Cc1ccc(S(=O)(=O)n2ccc3c(-c4ccc5nc(N6CCC(N7C[C@@H](C)N(C(=O)O)C[C@@H]7C)CC6)nc(C(CN)(OC6CC6)c6ccccc6F)c5c4)cn(C)c(=O)c32)cc1. The molecule has 3 fully saturated rings. The van der Waals surface area contributed by atoms with Gasteiger partial charge in [0, 0.05) is 92.2 Å². The molecule has 62 heavy (non-hydrogen) atoms. The third-order valence-electron chi connectivity index (χ3n) is 12.9. The highest BCUT2D eigenvalue weighted by Crippen LogP contribution is 2.44. The molecule has 2 saturated heterocycles. The van der Waals surface area contributed by atoms with Crippen molar-refractivity contribution in [2.24, 2.45) is 12.8 Å². The fourth-order valence-corrected chi connectivity index (χ4v) is 10.7. The number of piperazine rings is 1. The average Bonchev–Trinajstić information content (AvgIpc) is 3.97. The number of aromatic nitrogens is 4. The lowest BCUT2D eigenvalue weighted by Gasteiger charge is -2.48. The Morgan fingerprint density at radius 3 is 2.35 bits per heavy atom. The highest BCUT2D eigenvalue weighted by Gasteiger charge is 2.45. The summed E-state index contributed by atoms with van der Waals surface area (Å²) in [5, 5.41) is 10.7. The van der Waals surface area contributed by atoms with E-state index in [9.17, 15) is 23.1 Å². The molecule has 0 spiro atoms. The minimum atomic E-state index is -4.13. The molecular weight excluding hydrogens is 812 g/mol. The second-order valence-electron chi connectivity index (χ2n) is 17.1. The van der Waals surface area contributed by atoms with Gasteiger partial charge in [-0.05, 0) is 88.4 Å². The molecule has 0 radical (unpaired) electrons. The Labute approximate surface area is 359 Å². The Morgan fingerprint density at radius 2 is 1.68 bits per heavy atom. The van der Waals surface area contributed by atoms with Crippen LogP contribution < -0.4 is 16.2 Å². The number of carbonyl (C=O) groups is 1. The van der Waals surface area contributed by atoms with E-state index in [1.54, 1.807) is 49.6 Å². The molecule has 3 aromatic heterocycles. The molecule has 9 rings (SSSR count). The Bertz CT molecular complexity index is 2870. The molecule has 6 aromatic rings. The van der Waals surface area contributed by atoms with Gasteiger partial charge in [0.15, 0.2) is 5.60 Å². The number of hydrogen-bond donors (Lipinski definition) is 2. The van der Waals surface area contributed by atoms with Crippen LogP contribution in [0, 0.1) is 12.7 Å². The molecule has 3 aliphatic rings. The number of pyridine rings is 1. The summed E-state index contributed by atoms with van der Waals surface area (Å²) in [6.45, 7) is 8.19. The molecule has 1 saturated carbocycles. The lowest BCUT2D eigenvalue weighted by atomic mass is 9.86. The minimum Gasteiger partial charge on any atom is -0.465 e. The first-order valence-electron chi connectivity index (χ1n) is 21.2. The van der Waals surface area contributed by atoms with Crippen LogP contribution in [0.25, 0.3) is 32.9 Å². The summed E-state index contributed by atoms with van der Waals surface area (Å²) in [4.78, 5) is 42.2. The number of halogens is 1. The van der Waals surface area contributed by atoms with E-state index in [-0.39, 0.29) is 46.7 Å². The fourth-order valence-electron chi connectivity index (χ4n) is 9.40. The van der Waals surface area contributed by atoms with Crippen LogP contribution in [0.15, 0.2) is 94.9 Å². The summed E-state index contributed by atoms with van der Waals surface area (Å²) in [5.41, 5.74) is 8.17. The van der Waals surface area contributed by atoms with E-state index in [1.807, 2.05) is 32.0 Å². The average molecular weight is 863 g/mol. The zero-order valence-electron chi connectivity index (χ0n) is 35.2. The van der Waals surface area contributed by atoms with Crippen LogP contribution in [0.4, 0.5) is 15.1 Å². The van der Waals surface area contributed by atoms with Gasteiger partial charge in [-0.2, -0.15) is 0 Å². The molecular formula is C46H51FN8O6S. The van der Waals surface area contributed by atoms with Crippen LogP contribution in [-0.4, -0.2) is 105 Å². The van der Waals surface area contributed by atoms with Crippen LogP contribution >= 0.6 is 0 Å². The number of nitrogens with two attached hydrogens (primary N) is 1. The molecule has 2 aliphatic heterocycles. The number of rotatable bonds is 10. The normalized spacial score (nSPS) is 20.2. The highest BCUT2D eigenvalue weighted by atomic mass is 32.2. The Morgan fingerprint density at radius 1 is 0.952 bits per heavy atom. The number of fused-ring (bicyclic) bond motifs is 2. The van der Waals surface area contributed by atoms with Crippen molar-refractivity contribution in [2.45, 2.75) is 81.2 Å². The molecule has 5 heterocycles. The second-order valence-corrected chi connectivity index (χ2v) is 18.9. The number of piperidine rings is 1. The van der Waals surface area contributed by atoms with Crippen LogP contribution in [-0.2, 0) is 27.4 Å². The quantitative estimate of drug-likeness (QED) is 0.164. The molecule has 0 bridgehead atoms. The van der Waals surface area contributed by atoms with E-state index in [2.05, 4.69) is 16.7 Å². The number of carboxylic acid groups (broad SMARTS) is 1. The minimum absolute atomic E-state index is 0.00763. The lowest BCUT2D eigenvalue weighted by Crippen LogP contribution is -2.61. The third-order valence-corrected chi connectivity index (χ3v) is 14.6. The van der Waals surface area contributed by atoms with Crippen molar-refractivity contribution in [1.29, 1.82) is 0 Å². The number of benzene rings is 3. The van der Waals surface area contributed by atoms with Gasteiger partial charge >= 0.3 is 6.09 Å². The van der Waals surface area contributed by atoms with E-state index in [4.69, 9.17) is 20.4 Å². The fraction of sp³-hybridized carbons (Fsp3) is 0.391. The van der Waals surface area contributed by atoms with Gasteiger partial charge in [-0.3, -0.25) is 9.69 Å². The third kappa shape index (κ3) is 7.21. The number of hydrogen-bond acceptors (Lipinski definition) is 10. The zero-order valence-corrected chi connectivity index (χ0v) is 36.1. The Hall–Kier alpha value is -5.68. The number of amides is 1. The van der Waals surface area contributed by atoms with Crippen LogP contribution in [0.5, 0.6) is 0 Å². The number of anilines is 1. The van der Waals surface area contributed by atoms with Gasteiger partial charge in [-0.25, -0.2) is 31.5 Å². The van der Waals surface area contributed by atoms with Gasteiger partial charge < -0.3 is 29.9 Å². The van der Waals surface area contributed by atoms with Crippen molar-refractivity contribution < 1.29 is 27.4 Å². The topological polar surface area (TPSA) is 169 Å². The summed E-state index contributed by atoms with van der Waals surface area (Å²) in [7, 11) is -2.54. The molecule has 3 aromatic carbocycles. The van der Waals surface area contributed by atoms with Gasteiger partial charge in [0.1, 0.15) is 11.3 Å². The van der Waals surface area contributed by atoms with E-state index in [0.29, 0.717) is 65.2 Å². The number of aryl methyl sites for hydroxylation is 2. The molecule has 16 heteroatoms. The molecule has 14 nitrogen and oxygen atoms in total. The highest BCUT2D eigenvalue weighted by molar-refractivity contribution is 7.90.